The van der Waals surface area contributed by atoms with Crippen LogP contribution in [0, 0.1) is 0 Å². The molecular weight excluding hydrogens is 228 g/mol. The quantitative estimate of drug-likeness (QED) is 0.862. The van der Waals surface area contributed by atoms with Gasteiger partial charge in [0.15, 0.2) is 0 Å². The van der Waals surface area contributed by atoms with Gasteiger partial charge in [0.2, 0.25) is 5.95 Å². The highest BCUT2D eigenvalue weighted by Crippen LogP contribution is 2.07. The monoisotopic (exact) mass is 246 g/mol. The van der Waals surface area contributed by atoms with Gasteiger partial charge < -0.3 is 5.32 Å². The molecule has 2 aromatic rings. The SMILES string of the molecule is CCc1nnc(NCc2ccn(C)n2)nc1CC. The molecular formula is C12H18N6. The van der Waals surface area contributed by atoms with E-state index < -0.39 is 0 Å². The summed E-state index contributed by atoms with van der Waals surface area (Å²) < 4.78 is 1.77. The fourth-order valence-corrected chi connectivity index (χ4v) is 1.74. The smallest absolute Gasteiger partial charge is 0.243 e. The van der Waals surface area contributed by atoms with Gasteiger partial charge in [-0.2, -0.15) is 10.2 Å². The fourth-order valence-electron chi connectivity index (χ4n) is 1.74. The number of anilines is 1. The number of rotatable bonds is 5. The standard InChI is InChI=1S/C12H18N6/c1-4-10-11(5-2)15-16-12(14-10)13-8-9-6-7-18(3)17-9/h6-7H,4-5,8H2,1-3H3,(H,13,14,16). The van der Waals surface area contributed by atoms with Gasteiger partial charge in [0.25, 0.3) is 0 Å². The van der Waals surface area contributed by atoms with E-state index >= 15 is 0 Å². The average molecular weight is 246 g/mol. The summed E-state index contributed by atoms with van der Waals surface area (Å²) in [5.41, 5.74) is 2.94. The largest absolute Gasteiger partial charge is 0.347 e. The second-order valence-electron chi connectivity index (χ2n) is 4.07. The molecule has 0 aliphatic carbocycles. The predicted octanol–water partition coefficient (Wildman–Crippen LogP) is 1.34. The summed E-state index contributed by atoms with van der Waals surface area (Å²) in [6, 6.07) is 1.96. The fraction of sp³-hybridized carbons (Fsp3) is 0.500. The zero-order chi connectivity index (χ0) is 13.0. The number of hydrogen-bond donors (Lipinski definition) is 1. The van der Waals surface area contributed by atoms with Gasteiger partial charge in [0.05, 0.1) is 23.6 Å². The third kappa shape index (κ3) is 2.82. The van der Waals surface area contributed by atoms with Crippen LogP contribution in [-0.4, -0.2) is 25.0 Å². The molecule has 0 bridgehead atoms. The molecule has 0 aliphatic rings. The van der Waals surface area contributed by atoms with E-state index in [1.165, 1.54) is 0 Å². The molecule has 0 aliphatic heterocycles. The molecule has 18 heavy (non-hydrogen) atoms. The highest BCUT2D eigenvalue weighted by molar-refractivity contribution is 5.26. The molecule has 2 heterocycles. The summed E-state index contributed by atoms with van der Waals surface area (Å²) in [6.07, 6.45) is 3.65. The van der Waals surface area contributed by atoms with Crippen LogP contribution in [0.15, 0.2) is 12.3 Å². The van der Waals surface area contributed by atoms with Crippen LogP contribution in [-0.2, 0) is 26.4 Å². The second kappa shape index (κ2) is 5.57. The molecule has 6 heteroatoms. The molecule has 0 amide bonds. The Hall–Kier alpha value is -1.98. The number of nitrogens with zero attached hydrogens (tertiary/aromatic N) is 5. The van der Waals surface area contributed by atoms with Crippen LogP contribution in [0.5, 0.6) is 0 Å². The van der Waals surface area contributed by atoms with Crippen molar-refractivity contribution in [2.24, 2.45) is 7.05 Å². The Kier molecular flexibility index (Phi) is 3.86. The topological polar surface area (TPSA) is 68.5 Å². The highest BCUT2D eigenvalue weighted by atomic mass is 15.3. The van der Waals surface area contributed by atoms with Crippen molar-refractivity contribution in [2.75, 3.05) is 5.32 Å². The summed E-state index contributed by atoms with van der Waals surface area (Å²) >= 11 is 0. The molecule has 2 aromatic heterocycles. The minimum atomic E-state index is 0.565. The van der Waals surface area contributed by atoms with Crippen molar-refractivity contribution in [3.63, 3.8) is 0 Å². The maximum atomic E-state index is 4.46. The first-order chi connectivity index (χ1) is 8.72. The maximum absolute atomic E-state index is 4.46. The van der Waals surface area contributed by atoms with Crippen LogP contribution in [0.2, 0.25) is 0 Å². The van der Waals surface area contributed by atoms with Gasteiger partial charge >= 0.3 is 0 Å². The molecule has 96 valence electrons. The lowest BCUT2D eigenvalue weighted by molar-refractivity contribution is 0.744. The Bertz CT molecular complexity index is 519. The number of aryl methyl sites for hydroxylation is 3. The molecule has 0 saturated heterocycles. The third-order valence-electron chi connectivity index (χ3n) is 2.71. The van der Waals surface area contributed by atoms with E-state index in [0.717, 1.165) is 29.9 Å². The normalized spacial score (nSPS) is 10.6. The van der Waals surface area contributed by atoms with Crippen LogP contribution in [0.1, 0.15) is 30.9 Å². The first-order valence-electron chi connectivity index (χ1n) is 6.17. The van der Waals surface area contributed by atoms with Crippen molar-refractivity contribution in [1.82, 2.24) is 25.0 Å². The number of aromatic nitrogens is 5. The first-order valence-corrected chi connectivity index (χ1v) is 6.17. The van der Waals surface area contributed by atoms with E-state index in [9.17, 15) is 0 Å². The van der Waals surface area contributed by atoms with E-state index in [1.54, 1.807) is 4.68 Å². The Balaban J connectivity index is 2.05. The lowest BCUT2D eigenvalue weighted by atomic mass is 10.2. The van der Waals surface area contributed by atoms with Gasteiger partial charge in [-0.1, -0.05) is 13.8 Å². The molecule has 0 unspecified atom stereocenters. The highest BCUT2D eigenvalue weighted by Gasteiger charge is 2.06. The molecule has 2 rings (SSSR count). The van der Waals surface area contributed by atoms with E-state index in [1.807, 2.05) is 19.3 Å². The van der Waals surface area contributed by atoms with E-state index in [-0.39, 0.29) is 0 Å². The van der Waals surface area contributed by atoms with Gasteiger partial charge in [0.1, 0.15) is 0 Å². The first kappa shape index (κ1) is 12.5. The third-order valence-corrected chi connectivity index (χ3v) is 2.71. The lowest BCUT2D eigenvalue weighted by Gasteiger charge is -2.06. The van der Waals surface area contributed by atoms with E-state index in [4.69, 9.17) is 0 Å². The van der Waals surface area contributed by atoms with Crippen molar-refractivity contribution in [2.45, 2.75) is 33.2 Å². The van der Waals surface area contributed by atoms with Crippen LogP contribution in [0.4, 0.5) is 5.95 Å². The second-order valence-corrected chi connectivity index (χ2v) is 4.07. The summed E-state index contributed by atoms with van der Waals surface area (Å²) in [5.74, 6) is 0.565. The maximum Gasteiger partial charge on any atom is 0.243 e. The average Bonchev–Trinajstić information content (AvgIpc) is 2.81. The molecule has 0 aromatic carbocycles. The molecule has 0 spiro atoms. The molecule has 1 N–H and O–H groups in total. The molecule has 0 saturated carbocycles. The van der Waals surface area contributed by atoms with E-state index in [2.05, 4.69) is 39.4 Å². The van der Waals surface area contributed by atoms with Gasteiger partial charge in [-0.3, -0.25) is 4.68 Å². The molecule has 0 fully saturated rings. The van der Waals surface area contributed by atoms with Crippen molar-refractivity contribution < 1.29 is 0 Å². The Morgan fingerprint density at radius 1 is 1.17 bits per heavy atom. The predicted molar refractivity (Wildman–Crippen MR) is 69.1 cm³/mol. The molecule has 0 atom stereocenters. The van der Waals surface area contributed by atoms with Crippen molar-refractivity contribution >= 4 is 5.95 Å². The number of hydrogen-bond acceptors (Lipinski definition) is 5. The minimum absolute atomic E-state index is 0.565. The molecule has 6 nitrogen and oxygen atoms in total. The van der Waals surface area contributed by atoms with Crippen LogP contribution < -0.4 is 5.32 Å². The van der Waals surface area contributed by atoms with Gasteiger partial charge in [-0.25, -0.2) is 4.98 Å². The van der Waals surface area contributed by atoms with Crippen LogP contribution in [0.3, 0.4) is 0 Å². The van der Waals surface area contributed by atoms with Gasteiger partial charge in [0, 0.05) is 13.2 Å². The summed E-state index contributed by atoms with van der Waals surface area (Å²) in [6.45, 7) is 4.74. The van der Waals surface area contributed by atoms with E-state index in [0.29, 0.717) is 12.5 Å². The Labute approximate surface area is 106 Å². The summed E-state index contributed by atoms with van der Waals surface area (Å²) in [7, 11) is 1.90. The zero-order valence-electron chi connectivity index (χ0n) is 11.0. The minimum Gasteiger partial charge on any atom is -0.347 e. The zero-order valence-corrected chi connectivity index (χ0v) is 11.0. The summed E-state index contributed by atoms with van der Waals surface area (Å²) in [4.78, 5) is 4.46. The number of nitrogens with one attached hydrogen (secondary N) is 1. The van der Waals surface area contributed by atoms with Gasteiger partial charge in [-0.05, 0) is 18.9 Å². The summed E-state index contributed by atoms with van der Waals surface area (Å²) in [5, 5.41) is 15.7. The lowest BCUT2D eigenvalue weighted by Crippen LogP contribution is -2.09. The van der Waals surface area contributed by atoms with Crippen molar-refractivity contribution in [1.29, 1.82) is 0 Å². The molecule has 0 radical (unpaired) electrons. The Morgan fingerprint density at radius 2 is 1.94 bits per heavy atom. The van der Waals surface area contributed by atoms with Gasteiger partial charge in [-0.15, -0.1) is 5.10 Å². The van der Waals surface area contributed by atoms with Crippen molar-refractivity contribution in [3.05, 3.63) is 29.3 Å². The Morgan fingerprint density at radius 3 is 2.56 bits per heavy atom. The van der Waals surface area contributed by atoms with Crippen LogP contribution in [0.25, 0.3) is 0 Å². The van der Waals surface area contributed by atoms with Crippen molar-refractivity contribution in [3.8, 4) is 0 Å². The van der Waals surface area contributed by atoms with Crippen LogP contribution >= 0.6 is 0 Å².